The third-order valence-electron chi connectivity index (χ3n) is 3.47. The molecule has 4 nitrogen and oxygen atoms in total. The van der Waals surface area contributed by atoms with Gasteiger partial charge in [-0.15, -0.1) is 0 Å². The third kappa shape index (κ3) is 4.94. The maximum absolute atomic E-state index is 12.4. The third-order valence-corrected chi connectivity index (χ3v) is 3.47. The standard InChI is InChI=1S/C16H26N2O2/c1-4-18(13(2)12-20-3)16(19)15(17)11-10-14-8-6-5-7-9-14/h5-9,13,15H,4,10-12,17H2,1-3H3/t13?,15-/m0/s1. The Bertz CT molecular complexity index is 395. The van der Waals surface area contributed by atoms with E-state index < -0.39 is 6.04 Å². The fourth-order valence-electron chi connectivity index (χ4n) is 2.32. The van der Waals surface area contributed by atoms with Gasteiger partial charge in [0.1, 0.15) is 0 Å². The molecule has 2 atom stereocenters. The van der Waals surface area contributed by atoms with Gasteiger partial charge in [0, 0.05) is 13.7 Å². The lowest BCUT2D eigenvalue weighted by Gasteiger charge is -2.30. The fraction of sp³-hybridized carbons (Fsp3) is 0.562. The summed E-state index contributed by atoms with van der Waals surface area (Å²) in [5, 5.41) is 0. The topological polar surface area (TPSA) is 55.6 Å². The summed E-state index contributed by atoms with van der Waals surface area (Å²) in [7, 11) is 1.64. The fourth-order valence-corrected chi connectivity index (χ4v) is 2.32. The van der Waals surface area contributed by atoms with Gasteiger partial charge in [-0.1, -0.05) is 30.3 Å². The Labute approximate surface area is 121 Å². The minimum absolute atomic E-state index is 0.00739. The van der Waals surface area contributed by atoms with E-state index >= 15 is 0 Å². The molecular weight excluding hydrogens is 252 g/mol. The van der Waals surface area contributed by atoms with E-state index in [1.807, 2.05) is 32.0 Å². The molecule has 0 aliphatic carbocycles. The number of nitrogens with zero attached hydrogens (tertiary/aromatic N) is 1. The molecule has 1 rings (SSSR count). The number of likely N-dealkylation sites (N-methyl/N-ethyl adjacent to an activating group) is 1. The number of rotatable bonds is 8. The van der Waals surface area contributed by atoms with E-state index in [0.29, 0.717) is 19.6 Å². The molecule has 4 heteroatoms. The first kappa shape index (κ1) is 16.7. The van der Waals surface area contributed by atoms with Crippen molar-refractivity contribution >= 4 is 5.91 Å². The van der Waals surface area contributed by atoms with Gasteiger partial charge >= 0.3 is 0 Å². The molecule has 0 radical (unpaired) electrons. The van der Waals surface area contributed by atoms with Crippen LogP contribution in [0.15, 0.2) is 30.3 Å². The zero-order chi connectivity index (χ0) is 15.0. The number of hydrogen-bond acceptors (Lipinski definition) is 3. The van der Waals surface area contributed by atoms with Gasteiger partial charge in [-0.2, -0.15) is 0 Å². The van der Waals surface area contributed by atoms with Crippen molar-refractivity contribution in [1.29, 1.82) is 0 Å². The van der Waals surface area contributed by atoms with Crippen LogP contribution in [0.1, 0.15) is 25.8 Å². The Hall–Kier alpha value is -1.39. The molecule has 0 fully saturated rings. The van der Waals surface area contributed by atoms with Crippen molar-refractivity contribution in [2.45, 2.75) is 38.8 Å². The van der Waals surface area contributed by atoms with Crippen LogP contribution in [0.3, 0.4) is 0 Å². The van der Waals surface area contributed by atoms with E-state index in [2.05, 4.69) is 12.1 Å². The van der Waals surface area contributed by atoms with Gasteiger partial charge in [0.05, 0.1) is 18.7 Å². The molecular formula is C16H26N2O2. The van der Waals surface area contributed by atoms with Gasteiger partial charge in [0.15, 0.2) is 0 Å². The summed E-state index contributed by atoms with van der Waals surface area (Å²) in [5.41, 5.74) is 7.26. The van der Waals surface area contributed by atoms with Gasteiger partial charge < -0.3 is 15.4 Å². The molecule has 0 aromatic heterocycles. The lowest BCUT2D eigenvalue weighted by atomic mass is 10.0. The van der Waals surface area contributed by atoms with E-state index in [4.69, 9.17) is 10.5 Å². The quantitative estimate of drug-likeness (QED) is 0.789. The van der Waals surface area contributed by atoms with Crippen molar-refractivity contribution in [3.63, 3.8) is 0 Å². The van der Waals surface area contributed by atoms with Crippen LogP contribution in [-0.4, -0.2) is 43.2 Å². The van der Waals surface area contributed by atoms with E-state index in [9.17, 15) is 4.79 Å². The average Bonchev–Trinajstić information content (AvgIpc) is 2.46. The predicted molar refractivity (Wildman–Crippen MR) is 81.5 cm³/mol. The number of methoxy groups -OCH3 is 1. The highest BCUT2D eigenvalue weighted by molar-refractivity contribution is 5.81. The SMILES string of the molecule is CCN(C(=O)[C@@H](N)CCc1ccccc1)C(C)COC. The molecule has 2 N–H and O–H groups in total. The molecule has 1 unspecified atom stereocenters. The summed E-state index contributed by atoms with van der Waals surface area (Å²) in [4.78, 5) is 14.1. The van der Waals surface area contributed by atoms with Crippen molar-refractivity contribution in [1.82, 2.24) is 4.90 Å². The minimum Gasteiger partial charge on any atom is -0.383 e. The minimum atomic E-state index is -0.450. The number of hydrogen-bond donors (Lipinski definition) is 1. The number of aryl methyl sites for hydroxylation is 1. The lowest BCUT2D eigenvalue weighted by molar-refractivity contribution is -0.135. The average molecular weight is 278 g/mol. The summed E-state index contributed by atoms with van der Waals surface area (Å²) in [5.74, 6) is 0.00739. The number of carbonyl (C=O) groups is 1. The van der Waals surface area contributed by atoms with Crippen molar-refractivity contribution in [2.75, 3.05) is 20.3 Å². The Morgan fingerprint density at radius 1 is 1.35 bits per heavy atom. The van der Waals surface area contributed by atoms with Crippen molar-refractivity contribution < 1.29 is 9.53 Å². The summed E-state index contributed by atoms with van der Waals surface area (Å²) >= 11 is 0. The highest BCUT2D eigenvalue weighted by atomic mass is 16.5. The molecule has 0 heterocycles. The van der Waals surface area contributed by atoms with E-state index in [1.165, 1.54) is 5.56 Å². The molecule has 1 aromatic carbocycles. The molecule has 1 aromatic rings. The number of amides is 1. The first-order chi connectivity index (χ1) is 9.60. The summed E-state index contributed by atoms with van der Waals surface area (Å²) in [6, 6.07) is 9.71. The summed E-state index contributed by atoms with van der Waals surface area (Å²) in [6.07, 6.45) is 1.49. The maximum atomic E-state index is 12.4. The van der Waals surface area contributed by atoms with Crippen LogP contribution in [0.4, 0.5) is 0 Å². The zero-order valence-corrected chi connectivity index (χ0v) is 12.7. The molecule has 0 saturated carbocycles. The van der Waals surface area contributed by atoms with Gasteiger partial charge in [-0.05, 0) is 32.3 Å². The van der Waals surface area contributed by atoms with Crippen LogP contribution in [0, 0.1) is 0 Å². The molecule has 0 saturated heterocycles. The van der Waals surface area contributed by atoms with Gasteiger partial charge in [0.25, 0.3) is 0 Å². The summed E-state index contributed by atoms with van der Waals surface area (Å²) < 4.78 is 5.11. The van der Waals surface area contributed by atoms with Gasteiger partial charge in [0.2, 0.25) is 5.91 Å². The molecule has 0 aliphatic rings. The predicted octanol–water partition coefficient (Wildman–Crippen LogP) is 1.83. The van der Waals surface area contributed by atoms with Crippen molar-refractivity contribution in [3.8, 4) is 0 Å². The second kappa shape index (κ2) is 8.72. The van der Waals surface area contributed by atoms with Gasteiger partial charge in [-0.25, -0.2) is 0 Å². The summed E-state index contributed by atoms with van der Waals surface area (Å²) in [6.45, 7) is 5.14. The highest BCUT2D eigenvalue weighted by Gasteiger charge is 2.23. The van der Waals surface area contributed by atoms with Crippen LogP contribution in [0.5, 0.6) is 0 Å². The Morgan fingerprint density at radius 3 is 2.55 bits per heavy atom. The van der Waals surface area contributed by atoms with Crippen LogP contribution >= 0.6 is 0 Å². The monoisotopic (exact) mass is 278 g/mol. The first-order valence-corrected chi connectivity index (χ1v) is 7.19. The largest absolute Gasteiger partial charge is 0.383 e. The molecule has 1 amide bonds. The van der Waals surface area contributed by atoms with Crippen molar-refractivity contribution in [2.24, 2.45) is 5.73 Å². The molecule has 0 aliphatic heterocycles. The smallest absolute Gasteiger partial charge is 0.239 e. The van der Waals surface area contributed by atoms with Crippen LogP contribution in [-0.2, 0) is 16.0 Å². The number of nitrogens with two attached hydrogens (primary N) is 1. The number of carbonyl (C=O) groups excluding carboxylic acids is 1. The van der Waals surface area contributed by atoms with E-state index in [-0.39, 0.29) is 11.9 Å². The highest BCUT2D eigenvalue weighted by Crippen LogP contribution is 2.08. The van der Waals surface area contributed by atoms with Crippen LogP contribution in [0.2, 0.25) is 0 Å². The van der Waals surface area contributed by atoms with Gasteiger partial charge in [-0.3, -0.25) is 4.79 Å². The van der Waals surface area contributed by atoms with Crippen LogP contribution < -0.4 is 5.73 Å². The van der Waals surface area contributed by atoms with E-state index in [0.717, 1.165) is 6.42 Å². The number of benzene rings is 1. The number of ether oxygens (including phenoxy) is 1. The first-order valence-electron chi connectivity index (χ1n) is 7.19. The molecule has 0 spiro atoms. The second-order valence-electron chi connectivity index (χ2n) is 5.06. The maximum Gasteiger partial charge on any atom is 0.239 e. The normalized spacial score (nSPS) is 13.8. The molecule has 0 bridgehead atoms. The molecule has 20 heavy (non-hydrogen) atoms. The van der Waals surface area contributed by atoms with Crippen molar-refractivity contribution in [3.05, 3.63) is 35.9 Å². The Balaban J connectivity index is 2.52. The van der Waals surface area contributed by atoms with E-state index in [1.54, 1.807) is 12.0 Å². The molecule has 112 valence electrons. The Morgan fingerprint density at radius 2 is 2.00 bits per heavy atom. The van der Waals surface area contributed by atoms with Crippen LogP contribution in [0.25, 0.3) is 0 Å². The second-order valence-corrected chi connectivity index (χ2v) is 5.06. The zero-order valence-electron chi connectivity index (χ0n) is 12.7. The lowest BCUT2D eigenvalue weighted by Crippen LogP contribution is -2.49. The Kier molecular flexibility index (Phi) is 7.26.